The Morgan fingerprint density at radius 3 is 2.35 bits per heavy atom. The molecule has 0 aliphatic rings. The molecule has 1 N–H and O–H groups in total. The SMILES string of the molecule is CC(=O)c1cccc(OCc2ccc(C(=O)O)cc2)c1. The second kappa shape index (κ2) is 6.02. The molecule has 0 amide bonds. The van der Waals surface area contributed by atoms with Crippen LogP contribution in [-0.4, -0.2) is 16.9 Å². The molecule has 0 saturated heterocycles. The molecule has 2 rings (SSSR count). The van der Waals surface area contributed by atoms with E-state index < -0.39 is 5.97 Å². The first-order valence-electron chi connectivity index (χ1n) is 6.12. The van der Waals surface area contributed by atoms with Crippen molar-refractivity contribution in [1.82, 2.24) is 0 Å². The van der Waals surface area contributed by atoms with E-state index in [-0.39, 0.29) is 11.3 Å². The van der Waals surface area contributed by atoms with E-state index in [0.717, 1.165) is 5.56 Å². The molecule has 0 heterocycles. The first-order valence-corrected chi connectivity index (χ1v) is 6.12. The quantitative estimate of drug-likeness (QED) is 0.847. The van der Waals surface area contributed by atoms with Gasteiger partial charge in [-0.25, -0.2) is 4.79 Å². The number of hydrogen-bond acceptors (Lipinski definition) is 3. The van der Waals surface area contributed by atoms with Crippen LogP contribution in [0.3, 0.4) is 0 Å². The second-order valence-corrected chi connectivity index (χ2v) is 4.37. The van der Waals surface area contributed by atoms with E-state index in [2.05, 4.69) is 0 Å². The number of Topliss-reactive ketones (excluding diaryl/α,β-unsaturated/α-hetero) is 1. The number of carboxylic acids is 1. The molecule has 0 aliphatic heterocycles. The summed E-state index contributed by atoms with van der Waals surface area (Å²) in [7, 11) is 0. The number of carboxylic acid groups (broad SMARTS) is 1. The highest BCUT2D eigenvalue weighted by Gasteiger charge is 2.04. The molecule has 0 unspecified atom stereocenters. The van der Waals surface area contributed by atoms with Gasteiger partial charge in [-0.05, 0) is 36.8 Å². The van der Waals surface area contributed by atoms with Gasteiger partial charge in [0.15, 0.2) is 5.78 Å². The van der Waals surface area contributed by atoms with E-state index in [0.29, 0.717) is 17.9 Å². The molecular weight excluding hydrogens is 256 g/mol. The maximum absolute atomic E-state index is 11.3. The summed E-state index contributed by atoms with van der Waals surface area (Å²) in [5.41, 5.74) is 1.71. The molecule has 2 aromatic rings. The molecule has 0 spiro atoms. The largest absolute Gasteiger partial charge is 0.489 e. The van der Waals surface area contributed by atoms with Gasteiger partial charge in [0.25, 0.3) is 0 Å². The van der Waals surface area contributed by atoms with Gasteiger partial charge in [0.2, 0.25) is 0 Å². The highest BCUT2D eigenvalue weighted by molar-refractivity contribution is 5.94. The van der Waals surface area contributed by atoms with Crippen molar-refractivity contribution in [3.8, 4) is 5.75 Å². The number of ketones is 1. The van der Waals surface area contributed by atoms with Crippen molar-refractivity contribution in [2.45, 2.75) is 13.5 Å². The zero-order valence-corrected chi connectivity index (χ0v) is 11.0. The van der Waals surface area contributed by atoms with Crippen molar-refractivity contribution in [2.24, 2.45) is 0 Å². The lowest BCUT2D eigenvalue weighted by Gasteiger charge is -2.07. The van der Waals surface area contributed by atoms with Crippen LogP contribution in [0.2, 0.25) is 0 Å². The van der Waals surface area contributed by atoms with Crippen LogP contribution in [0.1, 0.15) is 33.2 Å². The van der Waals surface area contributed by atoms with Crippen molar-refractivity contribution >= 4 is 11.8 Å². The fourth-order valence-electron chi connectivity index (χ4n) is 1.72. The number of ether oxygens (including phenoxy) is 1. The summed E-state index contributed by atoms with van der Waals surface area (Å²) < 4.78 is 5.58. The Labute approximate surface area is 116 Å². The lowest BCUT2D eigenvalue weighted by molar-refractivity contribution is 0.0696. The van der Waals surface area contributed by atoms with Crippen molar-refractivity contribution in [3.63, 3.8) is 0 Å². The topological polar surface area (TPSA) is 63.6 Å². The molecule has 102 valence electrons. The number of aromatic carboxylic acids is 1. The minimum Gasteiger partial charge on any atom is -0.489 e. The highest BCUT2D eigenvalue weighted by Crippen LogP contribution is 2.16. The van der Waals surface area contributed by atoms with E-state index in [1.165, 1.54) is 19.1 Å². The Morgan fingerprint density at radius 1 is 1.05 bits per heavy atom. The van der Waals surface area contributed by atoms with Crippen LogP contribution in [-0.2, 0) is 6.61 Å². The van der Waals surface area contributed by atoms with Gasteiger partial charge in [0, 0.05) is 5.56 Å². The Morgan fingerprint density at radius 2 is 1.75 bits per heavy atom. The predicted octanol–water partition coefficient (Wildman–Crippen LogP) is 3.17. The number of carbonyl (C=O) groups excluding carboxylic acids is 1. The number of benzene rings is 2. The number of hydrogen-bond donors (Lipinski definition) is 1. The van der Waals surface area contributed by atoms with Gasteiger partial charge < -0.3 is 9.84 Å². The average Bonchev–Trinajstić information content (AvgIpc) is 2.46. The van der Waals surface area contributed by atoms with Gasteiger partial charge in [-0.1, -0.05) is 24.3 Å². The van der Waals surface area contributed by atoms with Crippen molar-refractivity contribution in [2.75, 3.05) is 0 Å². The number of rotatable bonds is 5. The summed E-state index contributed by atoms with van der Waals surface area (Å²) in [6, 6.07) is 13.4. The van der Waals surface area contributed by atoms with Gasteiger partial charge in [-0.2, -0.15) is 0 Å². The molecule has 2 aromatic carbocycles. The third kappa shape index (κ3) is 3.45. The monoisotopic (exact) mass is 270 g/mol. The van der Waals surface area contributed by atoms with Crippen molar-refractivity contribution in [1.29, 1.82) is 0 Å². The molecular formula is C16H14O4. The summed E-state index contributed by atoms with van der Waals surface area (Å²) in [4.78, 5) is 22.0. The fourth-order valence-corrected chi connectivity index (χ4v) is 1.72. The van der Waals surface area contributed by atoms with Crippen LogP contribution in [0.15, 0.2) is 48.5 Å². The Hall–Kier alpha value is -2.62. The maximum Gasteiger partial charge on any atom is 0.335 e. The molecule has 20 heavy (non-hydrogen) atoms. The van der Waals surface area contributed by atoms with Crippen LogP contribution >= 0.6 is 0 Å². The average molecular weight is 270 g/mol. The molecule has 0 aromatic heterocycles. The lowest BCUT2D eigenvalue weighted by Crippen LogP contribution is -1.99. The summed E-state index contributed by atoms with van der Waals surface area (Å²) in [5, 5.41) is 8.80. The Bertz CT molecular complexity index is 629. The summed E-state index contributed by atoms with van der Waals surface area (Å²) in [5.74, 6) is -0.354. The fraction of sp³-hybridized carbons (Fsp3) is 0.125. The first-order chi connectivity index (χ1) is 9.56. The summed E-state index contributed by atoms with van der Waals surface area (Å²) >= 11 is 0. The smallest absolute Gasteiger partial charge is 0.335 e. The minimum absolute atomic E-state index is 0.0127. The van der Waals surface area contributed by atoms with Gasteiger partial charge in [0.05, 0.1) is 5.56 Å². The minimum atomic E-state index is -0.952. The van der Waals surface area contributed by atoms with E-state index in [1.807, 2.05) is 0 Å². The summed E-state index contributed by atoms with van der Waals surface area (Å²) in [6.45, 7) is 1.82. The van der Waals surface area contributed by atoms with Crippen molar-refractivity contribution in [3.05, 3.63) is 65.2 Å². The summed E-state index contributed by atoms with van der Waals surface area (Å²) in [6.07, 6.45) is 0. The highest BCUT2D eigenvalue weighted by atomic mass is 16.5. The molecule has 0 bridgehead atoms. The molecule has 4 nitrogen and oxygen atoms in total. The standard InChI is InChI=1S/C16H14O4/c1-11(17)14-3-2-4-15(9-14)20-10-12-5-7-13(8-6-12)16(18)19/h2-9H,10H2,1H3,(H,18,19). The van der Waals surface area contributed by atoms with Crippen LogP contribution < -0.4 is 4.74 Å². The molecule has 4 heteroatoms. The third-order valence-electron chi connectivity index (χ3n) is 2.85. The molecule has 0 atom stereocenters. The van der Waals surface area contributed by atoms with Crippen molar-refractivity contribution < 1.29 is 19.4 Å². The van der Waals surface area contributed by atoms with E-state index >= 15 is 0 Å². The van der Waals surface area contributed by atoms with E-state index in [4.69, 9.17) is 9.84 Å². The third-order valence-corrected chi connectivity index (χ3v) is 2.85. The van der Waals surface area contributed by atoms with E-state index in [1.54, 1.807) is 36.4 Å². The molecule has 0 aliphatic carbocycles. The maximum atomic E-state index is 11.3. The predicted molar refractivity (Wildman–Crippen MR) is 74.2 cm³/mol. The van der Waals surface area contributed by atoms with E-state index in [9.17, 15) is 9.59 Å². The molecule has 0 saturated carbocycles. The van der Waals surface area contributed by atoms with Gasteiger partial charge in [-0.15, -0.1) is 0 Å². The van der Waals surface area contributed by atoms with Crippen LogP contribution in [0.25, 0.3) is 0 Å². The van der Waals surface area contributed by atoms with Gasteiger partial charge in [-0.3, -0.25) is 4.79 Å². The normalized spacial score (nSPS) is 10.1. The molecule has 0 radical (unpaired) electrons. The second-order valence-electron chi connectivity index (χ2n) is 4.37. The Balaban J connectivity index is 2.03. The van der Waals surface area contributed by atoms with Gasteiger partial charge >= 0.3 is 5.97 Å². The van der Waals surface area contributed by atoms with Crippen LogP contribution in [0, 0.1) is 0 Å². The Kier molecular flexibility index (Phi) is 4.15. The zero-order chi connectivity index (χ0) is 14.5. The van der Waals surface area contributed by atoms with Gasteiger partial charge in [0.1, 0.15) is 12.4 Å². The lowest BCUT2D eigenvalue weighted by atomic mass is 10.1. The first kappa shape index (κ1) is 13.8. The molecule has 0 fully saturated rings. The van der Waals surface area contributed by atoms with Crippen LogP contribution in [0.5, 0.6) is 5.75 Å². The van der Waals surface area contributed by atoms with Crippen LogP contribution in [0.4, 0.5) is 0 Å². The zero-order valence-electron chi connectivity index (χ0n) is 11.0. The number of carbonyl (C=O) groups is 2.